The molecule has 5 heteroatoms. The maximum Gasteiger partial charge on any atom is 0.260 e. The summed E-state index contributed by atoms with van der Waals surface area (Å²) in [7, 11) is 0. The summed E-state index contributed by atoms with van der Waals surface area (Å²) in [4.78, 5) is 12.2. The molecule has 0 saturated heterocycles. The fourth-order valence-electron chi connectivity index (χ4n) is 3.23. The summed E-state index contributed by atoms with van der Waals surface area (Å²) in [5.41, 5.74) is 0.497. The van der Waals surface area contributed by atoms with Crippen LogP contribution in [0.1, 0.15) is 44.6 Å². The predicted molar refractivity (Wildman–Crippen MR) is 91.4 cm³/mol. The predicted octanol–water partition coefficient (Wildman–Crippen LogP) is 2.63. The van der Waals surface area contributed by atoms with Gasteiger partial charge >= 0.3 is 0 Å². The lowest BCUT2D eigenvalue weighted by Gasteiger charge is -2.20. The molecule has 130 valence electrons. The summed E-state index contributed by atoms with van der Waals surface area (Å²) in [5.74, 6) is 1.08. The average molecular weight is 330 g/mol. The molecule has 0 heterocycles. The van der Waals surface area contributed by atoms with Crippen LogP contribution in [0.2, 0.25) is 0 Å². The van der Waals surface area contributed by atoms with Crippen LogP contribution in [0.4, 0.5) is 0 Å². The van der Waals surface area contributed by atoms with Gasteiger partial charge in [0.15, 0.2) is 6.10 Å². The standard InChI is InChI=1S/C19H26N2O3/c1-14(24-18-8-4-7-16(10-18)11-20)19(23)21-12-17(13-22)9-15-5-2-3-6-15/h4,7-8,10,14-15,17,22H,2-3,5-6,9,12-13H2,1H3,(H,21,23). The van der Waals surface area contributed by atoms with Gasteiger partial charge in [-0.2, -0.15) is 5.26 Å². The maximum absolute atomic E-state index is 12.2. The number of nitrogens with zero attached hydrogens (tertiary/aromatic N) is 1. The number of hydrogen-bond donors (Lipinski definition) is 2. The molecule has 1 aliphatic rings. The minimum atomic E-state index is -0.648. The van der Waals surface area contributed by atoms with Crippen LogP contribution >= 0.6 is 0 Å². The molecule has 2 rings (SSSR count). The number of rotatable bonds is 8. The summed E-state index contributed by atoms with van der Waals surface area (Å²) < 4.78 is 5.59. The molecule has 2 unspecified atom stereocenters. The van der Waals surface area contributed by atoms with E-state index in [2.05, 4.69) is 5.32 Å². The molecule has 24 heavy (non-hydrogen) atoms. The summed E-state index contributed by atoms with van der Waals surface area (Å²) in [5, 5.41) is 21.3. The van der Waals surface area contributed by atoms with Gasteiger partial charge in [-0.05, 0) is 43.4 Å². The number of hydrogen-bond acceptors (Lipinski definition) is 4. The first-order valence-corrected chi connectivity index (χ1v) is 8.67. The first-order valence-electron chi connectivity index (χ1n) is 8.67. The summed E-state index contributed by atoms with van der Waals surface area (Å²) in [6, 6.07) is 8.79. The van der Waals surface area contributed by atoms with Crippen LogP contribution < -0.4 is 10.1 Å². The number of aliphatic hydroxyl groups excluding tert-OH is 1. The molecule has 5 nitrogen and oxygen atoms in total. The van der Waals surface area contributed by atoms with Crippen LogP contribution in [0.3, 0.4) is 0 Å². The Hall–Kier alpha value is -2.06. The average Bonchev–Trinajstić information content (AvgIpc) is 3.11. The van der Waals surface area contributed by atoms with Gasteiger partial charge in [0.05, 0.1) is 11.6 Å². The molecule has 0 aromatic heterocycles. The topological polar surface area (TPSA) is 82.3 Å². The van der Waals surface area contributed by atoms with Gasteiger partial charge in [0.25, 0.3) is 5.91 Å². The van der Waals surface area contributed by atoms with Crippen molar-refractivity contribution in [1.29, 1.82) is 5.26 Å². The van der Waals surface area contributed by atoms with Crippen LogP contribution in [0.15, 0.2) is 24.3 Å². The lowest BCUT2D eigenvalue weighted by molar-refractivity contribution is -0.127. The van der Waals surface area contributed by atoms with Gasteiger partial charge in [0.1, 0.15) is 5.75 Å². The molecule has 2 N–H and O–H groups in total. The molecule has 1 aromatic rings. The molecule has 2 atom stereocenters. The van der Waals surface area contributed by atoms with E-state index in [1.807, 2.05) is 6.07 Å². The second kappa shape index (κ2) is 9.29. The summed E-state index contributed by atoms with van der Waals surface area (Å²) >= 11 is 0. The second-order valence-electron chi connectivity index (χ2n) is 6.58. The number of carbonyl (C=O) groups is 1. The summed E-state index contributed by atoms with van der Waals surface area (Å²) in [6.45, 7) is 2.24. The molecule has 1 aromatic carbocycles. The van der Waals surface area contributed by atoms with E-state index in [1.54, 1.807) is 31.2 Å². The van der Waals surface area contributed by atoms with Gasteiger partial charge in [-0.3, -0.25) is 4.79 Å². The van der Waals surface area contributed by atoms with E-state index in [0.29, 0.717) is 23.8 Å². The van der Waals surface area contributed by atoms with Gasteiger partial charge in [-0.15, -0.1) is 0 Å². The van der Waals surface area contributed by atoms with Crippen LogP contribution in [0.25, 0.3) is 0 Å². The molecule has 1 aliphatic carbocycles. The van der Waals surface area contributed by atoms with Gasteiger partial charge in [-0.25, -0.2) is 0 Å². The molecule has 1 amide bonds. The number of aliphatic hydroxyl groups is 1. The first kappa shape index (κ1) is 18.3. The fourth-order valence-corrected chi connectivity index (χ4v) is 3.23. The van der Waals surface area contributed by atoms with Crippen molar-refractivity contribution < 1.29 is 14.6 Å². The molecule has 1 saturated carbocycles. The van der Waals surface area contributed by atoms with Crippen molar-refractivity contribution >= 4 is 5.91 Å². The minimum Gasteiger partial charge on any atom is -0.481 e. The Labute approximate surface area is 143 Å². The first-order chi connectivity index (χ1) is 11.6. The Morgan fingerprint density at radius 2 is 2.21 bits per heavy atom. The normalized spacial score (nSPS) is 17.0. The van der Waals surface area contributed by atoms with E-state index in [-0.39, 0.29) is 18.4 Å². The lowest BCUT2D eigenvalue weighted by Crippen LogP contribution is -2.39. The summed E-state index contributed by atoms with van der Waals surface area (Å²) in [6.07, 6.45) is 5.35. The SMILES string of the molecule is CC(Oc1cccc(C#N)c1)C(=O)NCC(CO)CC1CCCC1. The van der Waals surface area contributed by atoms with Crippen molar-refractivity contribution in [1.82, 2.24) is 5.32 Å². The van der Waals surface area contributed by atoms with Crippen LogP contribution in [0, 0.1) is 23.2 Å². The molecule has 1 fully saturated rings. The Morgan fingerprint density at radius 3 is 2.88 bits per heavy atom. The zero-order valence-electron chi connectivity index (χ0n) is 14.2. The number of benzene rings is 1. The van der Waals surface area contributed by atoms with Crippen molar-refractivity contribution in [2.24, 2.45) is 11.8 Å². The maximum atomic E-state index is 12.2. The smallest absolute Gasteiger partial charge is 0.260 e. The van der Waals surface area contributed by atoms with Gasteiger partial charge in [0, 0.05) is 13.2 Å². The molecule has 0 radical (unpaired) electrons. The van der Waals surface area contributed by atoms with Crippen molar-refractivity contribution in [3.05, 3.63) is 29.8 Å². The molecule has 0 spiro atoms. The zero-order valence-corrected chi connectivity index (χ0v) is 14.2. The molecular formula is C19H26N2O3. The van der Waals surface area contributed by atoms with E-state index in [4.69, 9.17) is 10.00 Å². The fraction of sp³-hybridized carbons (Fsp3) is 0.579. The van der Waals surface area contributed by atoms with E-state index in [9.17, 15) is 9.90 Å². The van der Waals surface area contributed by atoms with Gasteiger partial charge in [-0.1, -0.05) is 31.7 Å². The highest BCUT2D eigenvalue weighted by atomic mass is 16.5. The highest BCUT2D eigenvalue weighted by Gasteiger charge is 2.21. The van der Waals surface area contributed by atoms with Gasteiger partial charge in [0.2, 0.25) is 0 Å². The number of nitriles is 1. The van der Waals surface area contributed by atoms with Crippen molar-refractivity contribution in [2.75, 3.05) is 13.2 Å². The van der Waals surface area contributed by atoms with Crippen molar-refractivity contribution in [3.63, 3.8) is 0 Å². The van der Waals surface area contributed by atoms with E-state index in [1.165, 1.54) is 25.7 Å². The largest absolute Gasteiger partial charge is 0.481 e. The highest BCUT2D eigenvalue weighted by molar-refractivity contribution is 5.80. The van der Waals surface area contributed by atoms with Crippen LogP contribution in [0.5, 0.6) is 5.75 Å². The molecule has 0 aliphatic heterocycles. The van der Waals surface area contributed by atoms with Crippen LogP contribution in [-0.2, 0) is 4.79 Å². The monoisotopic (exact) mass is 330 g/mol. The Kier molecular flexibility index (Phi) is 7.07. The van der Waals surface area contributed by atoms with Crippen molar-refractivity contribution in [2.45, 2.75) is 45.1 Å². The van der Waals surface area contributed by atoms with E-state index >= 15 is 0 Å². The number of amides is 1. The van der Waals surface area contributed by atoms with Crippen molar-refractivity contribution in [3.8, 4) is 11.8 Å². The van der Waals surface area contributed by atoms with E-state index in [0.717, 1.165) is 6.42 Å². The number of carbonyl (C=O) groups excluding carboxylic acids is 1. The van der Waals surface area contributed by atoms with E-state index < -0.39 is 6.10 Å². The van der Waals surface area contributed by atoms with Gasteiger partial charge < -0.3 is 15.2 Å². The quantitative estimate of drug-likeness (QED) is 0.767. The third-order valence-corrected chi connectivity index (χ3v) is 4.61. The highest BCUT2D eigenvalue weighted by Crippen LogP contribution is 2.30. The minimum absolute atomic E-state index is 0.0935. The second-order valence-corrected chi connectivity index (χ2v) is 6.58. The third-order valence-electron chi connectivity index (χ3n) is 4.61. The third kappa shape index (κ3) is 5.54. The Morgan fingerprint density at radius 1 is 1.46 bits per heavy atom. The zero-order chi connectivity index (χ0) is 17.4. The lowest BCUT2D eigenvalue weighted by atomic mass is 9.93. The Balaban J connectivity index is 1.78. The molecule has 0 bridgehead atoms. The van der Waals surface area contributed by atoms with Crippen LogP contribution in [-0.4, -0.2) is 30.3 Å². The molecular weight excluding hydrogens is 304 g/mol. The number of ether oxygens (including phenoxy) is 1. The number of nitrogens with one attached hydrogen (secondary N) is 1. The Bertz CT molecular complexity index is 576.